The monoisotopic (exact) mass is 247 g/mol. The second-order valence-electron chi connectivity index (χ2n) is 5.36. The highest BCUT2D eigenvalue weighted by Gasteiger charge is 2.29. The van der Waals surface area contributed by atoms with E-state index in [0.717, 1.165) is 25.5 Å². The predicted molar refractivity (Wildman–Crippen MR) is 68.5 cm³/mol. The number of hydrogen-bond donors (Lipinski definition) is 0. The van der Waals surface area contributed by atoms with Crippen LogP contribution in [0.15, 0.2) is 6.33 Å². The molecule has 1 aromatic rings. The maximum absolute atomic E-state index is 8.71. The van der Waals surface area contributed by atoms with Gasteiger partial charge in [-0.3, -0.25) is 4.90 Å². The Hall–Kier alpha value is -1.41. The zero-order valence-electron chi connectivity index (χ0n) is 11.2. The molecule has 0 unspecified atom stereocenters. The molecule has 18 heavy (non-hydrogen) atoms. The van der Waals surface area contributed by atoms with Crippen LogP contribution in [-0.2, 0) is 13.1 Å². The summed E-state index contributed by atoms with van der Waals surface area (Å²) in [5.74, 6) is 1.59. The highest BCUT2D eigenvalue weighted by molar-refractivity contribution is 4.92. The molecule has 1 aromatic heterocycles. The lowest BCUT2D eigenvalue weighted by molar-refractivity contribution is 0.247. The first kappa shape index (κ1) is 13.0. The summed E-state index contributed by atoms with van der Waals surface area (Å²) in [6, 6.07) is 2.88. The molecule has 0 aliphatic heterocycles. The van der Waals surface area contributed by atoms with Crippen LogP contribution < -0.4 is 0 Å². The minimum atomic E-state index is 0.568. The highest BCUT2D eigenvalue weighted by atomic mass is 15.4. The highest BCUT2D eigenvalue weighted by Crippen LogP contribution is 2.28. The fourth-order valence-corrected chi connectivity index (χ4v) is 2.11. The van der Waals surface area contributed by atoms with Crippen LogP contribution in [0.4, 0.5) is 0 Å². The Bertz CT molecular complexity index is 413. The van der Waals surface area contributed by atoms with Gasteiger partial charge in [0, 0.05) is 25.6 Å². The van der Waals surface area contributed by atoms with Crippen molar-refractivity contribution in [3.05, 3.63) is 12.2 Å². The molecule has 0 saturated heterocycles. The van der Waals surface area contributed by atoms with E-state index in [1.807, 2.05) is 4.68 Å². The van der Waals surface area contributed by atoms with Crippen LogP contribution in [0.3, 0.4) is 0 Å². The molecule has 1 aliphatic carbocycles. The van der Waals surface area contributed by atoms with Gasteiger partial charge in [-0.1, -0.05) is 13.8 Å². The second kappa shape index (κ2) is 5.96. The Morgan fingerprint density at radius 3 is 2.94 bits per heavy atom. The van der Waals surface area contributed by atoms with Gasteiger partial charge >= 0.3 is 0 Å². The summed E-state index contributed by atoms with van der Waals surface area (Å²) in [6.45, 7) is 6.93. The largest absolute Gasteiger partial charge is 0.292 e. The maximum atomic E-state index is 8.71. The summed E-state index contributed by atoms with van der Waals surface area (Å²) in [5.41, 5.74) is 0. The van der Waals surface area contributed by atoms with E-state index in [4.69, 9.17) is 5.26 Å². The van der Waals surface area contributed by atoms with Crippen molar-refractivity contribution in [3.8, 4) is 6.07 Å². The van der Waals surface area contributed by atoms with Crippen molar-refractivity contribution in [1.82, 2.24) is 19.7 Å². The normalized spacial score (nSPS) is 15.3. The molecule has 2 rings (SSSR count). The lowest BCUT2D eigenvalue weighted by Crippen LogP contribution is -2.28. The summed E-state index contributed by atoms with van der Waals surface area (Å²) in [6.07, 6.45) is 4.73. The Balaban J connectivity index is 1.97. The molecule has 1 saturated carbocycles. The van der Waals surface area contributed by atoms with Gasteiger partial charge in [-0.15, -0.1) is 0 Å². The van der Waals surface area contributed by atoms with Crippen molar-refractivity contribution in [1.29, 1.82) is 5.26 Å². The van der Waals surface area contributed by atoms with Crippen LogP contribution in [-0.4, -0.2) is 32.3 Å². The summed E-state index contributed by atoms with van der Waals surface area (Å²) in [5, 5.41) is 13.0. The zero-order valence-corrected chi connectivity index (χ0v) is 11.2. The number of rotatable bonds is 7. The van der Waals surface area contributed by atoms with E-state index >= 15 is 0 Å². The summed E-state index contributed by atoms with van der Waals surface area (Å²) < 4.78 is 1.99. The van der Waals surface area contributed by atoms with Crippen LogP contribution in [0.1, 0.15) is 38.9 Å². The van der Waals surface area contributed by atoms with Gasteiger partial charge < -0.3 is 0 Å². The van der Waals surface area contributed by atoms with E-state index in [2.05, 4.69) is 34.9 Å². The first-order valence-corrected chi connectivity index (χ1v) is 6.68. The van der Waals surface area contributed by atoms with Crippen LogP contribution in [0, 0.1) is 17.2 Å². The van der Waals surface area contributed by atoms with Crippen LogP contribution in [0.25, 0.3) is 0 Å². The Morgan fingerprint density at radius 1 is 1.56 bits per heavy atom. The van der Waals surface area contributed by atoms with Crippen molar-refractivity contribution in [3.63, 3.8) is 0 Å². The Kier molecular flexibility index (Phi) is 4.32. The summed E-state index contributed by atoms with van der Waals surface area (Å²) in [4.78, 5) is 6.72. The fraction of sp³-hybridized carbons (Fsp3) is 0.769. The average Bonchev–Trinajstić information content (AvgIpc) is 3.08. The quantitative estimate of drug-likeness (QED) is 0.737. The molecule has 5 heteroatoms. The smallest absolute Gasteiger partial charge is 0.141 e. The number of nitrogens with zero attached hydrogens (tertiary/aromatic N) is 5. The molecule has 5 nitrogen and oxygen atoms in total. The van der Waals surface area contributed by atoms with Gasteiger partial charge in [0.05, 0.1) is 12.6 Å². The molecule has 0 bridgehead atoms. The third-order valence-electron chi connectivity index (χ3n) is 3.15. The van der Waals surface area contributed by atoms with Crippen molar-refractivity contribution in [2.24, 2.45) is 5.92 Å². The number of hydrogen-bond acceptors (Lipinski definition) is 4. The van der Waals surface area contributed by atoms with Gasteiger partial charge in [-0.2, -0.15) is 10.4 Å². The minimum Gasteiger partial charge on any atom is -0.292 e. The van der Waals surface area contributed by atoms with Crippen molar-refractivity contribution >= 4 is 0 Å². The Morgan fingerprint density at radius 2 is 2.33 bits per heavy atom. The average molecular weight is 247 g/mol. The first-order valence-electron chi connectivity index (χ1n) is 6.68. The molecular formula is C13H21N5. The summed E-state index contributed by atoms with van der Waals surface area (Å²) >= 11 is 0. The molecule has 0 amide bonds. The fourth-order valence-electron chi connectivity index (χ4n) is 2.11. The maximum Gasteiger partial charge on any atom is 0.141 e. The minimum absolute atomic E-state index is 0.568. The summed E-state index contributed by atoms with van der Waals surface area (Å²) in [7, 11) is 0. The van der Waals surface area contributed by atoms with Crippen molar-refractivity contribution in [2.75, 3.05) is 6.54 Å². The zero-order chi connectivity index (χ0) is 13.0. The van der Waals surface area contributed by atoms with E-state index in [0.29, 0.717) is 18.4 Å². The Labute approximate surface area is 108 Å². The van der Waals surface area contributed by atoms with Crippen LogP contribution in [0.2, 0.25) is 0 Å². The standard InChI is InChI=1S/C13H21N5/c1-11(2)8-18-13(15-10-16-18)9-17(7-3-6-14)12-4-5-12/h10-12H,3-5,7-9H2,1-2H3. The first-order chi connectivity index (χ1) is 8.70. The number of aromatic nitrogens is 3. The van der Waals surface area contributed by atoms with Gasteiger partial charge in [0.25, 0.3) is 0 Å². The van der Waals surface area contributed by atoms with Crippen LogP contribution >= 0.6 is 0 Å². The third-order valence-corrected chi connectivity index (χ3v) is 3.15. The molecule has 1 aliphatic rings. The number of nitriles is 1. The molecular weight excluding hydrogens is 226 g/mol. The molecule has 0 atom stereocenters. The van der Waals surface area contributed by atoms with E-state index < -0.39 is 0 Å². The SMILES string of the molecule is CC(C)Cn1ncnc1CN(CCC#N)C1CC1. The predicted octanol–water partition coefficient (Wildman–Crippen LogP) is 1.81. The van der Waals surface area contributed by atoms with E-state index in [-0.39, 0.29) is 0 Å². The molecule has 1 heterocycles. The van der Waals surface area contributed by atoms with Gasteiger partial charge in [-0.25, -0.2) is 9.67 Å². The lowest BCUT2D eigenvalue weighted by Gasteiger charge is -2.20. The molecule has 0 aromatic carbocycles. The molecule has 0 radical (unpaired) electrons. The van der Waals surface area contributed by atoms with E-state index in [1.54, 1.807) is 6.33 Å². The van der Waals surface area contributed by atoms with Gasteiger partial charge in [0.15, 0.2) is 0 Å². The van der Waals surface area contributed by atoms with E-state index in [1.165, 1.54) is 12.8 Å². The van der Waals surface area contributed by atoms with Crippen molar-refractivity contribution in [2.45, 2.75) is 52.2 Å². The van der Waals surface area contributed by atoms with Gasteiger partial charge in [0.2, 0.25) is 0 Å². The molecule has 0 spiro atoms. The van der Waals surface area contributed by atoms with Gasteiger partial charge in [0.1, 0.15) is 12.2 Å². The molecule has 0 N–H and O–H groups in total. The molecule has 1 fully saturated rings. The van der Waals surface area contributed by atoms with Crippen molar-refractivity contribution < 1.29 is 0 Å². The van der Waals surface area contributed by atoms with Gasteiger partial charge in [-0.05, 0) is 18.8 Å². The third kappa shape index (κ3) is 3.54. The lowest BCUT2D eigenvalue weighted by atomic mass is 10.2. The van der Waals surface area contributed by atoms with E-state index in [9.17, 15) is 0 Å². The second-order valence-corrected chi connectivity index (χ2v) is 5.36. The molecule has 98 valence electrons. The topological polar surface area (TPSA) is 57.7 Å². The van der Waals surface area contributed by atoms with Crippen LogP contribution in [0.5, 0.6) is 0 Å².